The molecule has 0 aromatic heterocycles. The molecule has 0 radical (unpaired) electrons. The van der Waals surface area contributed by atoms with Crippen LogP contribution in [0.1, 0.15) is 19.3 Å². The van der Waals surface area contributed by atoms with E-state index in [1.54, 1.807) is 0 Å². The lowest BCUT2D eigenvalue weighted by Crippen LogP contribution is -2.56. The van der Waals surface area contributed by atoms with Crippen LogP contribution in [0.15, 0.2) is 0 Å². The van der Waals surface area contributed by atoms with E-state index in [4.69, 9.17) is 21.2 Å². The summed E-state index contributed by atoms with van der Waals surface area (Å²) in [5, 5.41) is 12.2. The molecule has 0 aromatic carbocycles. The first-order valence-electron chi connectivity index (χ1n) is 6.18. The van der Waals surface area contributed by atoms with E-state index in [-0.39, 0.29) is 31.7 Å². The number of alkyl halides is 1. The van der Waals surface area contributed by atoms with Gasteiger partial charge in [-0.25, -0.2) is 4.79 Å². The van der Waals surface area contributed by atoms with Gasteiger partial charge in [-0.1, -0.05) is 0 Å². The van der Waals surface area contributed by atoms with Gasteiger partial charge in [0.1, 0.15) is 12.6 Å². The van der Waals surface area contributed by atoms with Gasteiger partial charge in [0.05, 0.1) is 6.42 Å². The summed E-state index contributed by atoms with van der Waals surface area (Å²) in [5.41, 5.74) is -2.17. The van der Waals surface area contributed by atoms with Gasteiger partial charge in [-0.05, 0) is 0 Å². The third kappa shape index (κ3) is 2.79. The van der Waals surface area contributed by atoms with Gasteiger partial charge in [0, 0.05) is 18.7 Å². The molecule has 2 aliphatic heterocycles. The summed E-state index contributed by atoms with van der Waals surface area (Å²) in [5.74, 6) is -3.39. The maximum atomic E-state index is 12.1. The van der Waals surface area contributed by atoms with Crippen LogP contribution in [0.3, 0.4) is 0 Å². The Morgan fingerprint density at radius 2 is 2.19 bits per heavy atom. The molecular formula is C11H13ClN2O7. The number of nitrogens with one attached hydrogen (secondary N) is 1. The molecular weight excluding hydrogens is 308 g/mol. The second kappa shape index (κ2) is 5.86. The van der Waals surface area contributed by atoms with Crippen LogP contribution in [0.4, 0.5) is 0 Å². The fourth-order valence-corrected chi connectivity index (χ4v) is 2.28. The maximum Gasteiger partial charge on any atom is 0.372 e. The molecule has 0 saturated carbocycles. The number of ether oxygens (including phenoxy) is 1. The number of hydrogen-bond donors (Lipinski definition) is 2. The largest absolute Gasteiger partial charge is 0.477 e. The smallest absolute Gasteiger partial charge is 0.372 e. The van der Waals surface area contributed by atoms with Crippen molar-refractivity contribution in [2.45, 2.75) is 31.0 Å². The normalized spacial score (nSPS) is 28.6. The number of carbonyl (C=O) groups is 4. The van der Waals surface area contributed by atoms with Gasteiger partial charge in [0.15, 0.2) is 0 Å². The highest BCUT2D eigenvalue weighted by atomic mass is 35.5. The Labute approximate surface area is 124 Å². The molecule has 0 aliphatic carbocycles. The zero-order chi connectivity index (χ0) is 15.6. The monoisotopic (exact) mass is 320 g/mol. The van der Waals surface area contributed by atoms with Crippen molar-refractivity contribution in [3.63, 3.8) is 0 Å². The third-order valence-electron chi connectivity index (χ3n) is 3.14. The molecule has 0 aromatic rings. The molecule has 9 nitrogen and oxygen atoms in total. The van der Waals surface area contributed by atoms with E-state index in [1.807, 2.05) is 0 Å². The Morgan fingerprint density at radius 1 is 1.48 bits per heavy atom. The van der Waals surface area contributed by atoms with Crippen molar-refractivity contribution in [3.05, 3.63) is 0 Å². The number of cyclic esters (lactones) is 1. The Hall–Kier alpha value is -1.87. The number of amides is 2. The van der Waals surface area contributed by atoms with E-state index in [2.05, 4.69) is 5.32 Å². The fraction of sp³-hybridized carbons (Fsp3) is 0.636. The van der Waals surface area contributed by atoms with E-state index in [1.165, 1.54) is 0 Å². The van der Waals surface area contributed by atoms with Gasteiger partial charge in [0.2, 0.25) is 5.91 Å². The van der Waals surface area contributed by atoms with Crippen LogP contribution in [0.25, 0.3) is 0 Å². The van der Waals surface area contributed by atoms with Gasteiger partial charge >= 0.3 is 17.7 Å². The summed E-state index contributed by atoms with van der Waals surface area (Å²) in [7, 11) is 0. The summed E-state index contributed by atoms with van der Waals surface area (Å²) in [6, 6.07) is -1.03. The van der Waals surface area contributed by atoms with Crippen LogP contribution in [0, 0.1) is 0 Å². The number of hydroxylamine groups is 2. The molecule has 1 unspecified atom stereocenters. The minimum Gasteiger partial charge on any atom is -0.477 e. The third-order valence-corrected chi connectivity index (χ3v) is 3.33. The predicted octanol–water partition coefficient (Wildman–Crippen LogP) is -1.01. The van der Waals surface area contributed by atoms with Gasteiger partial charge in [0.25, 0.3) is 5.91 Å². The highest BCUT2D eigenvalue weighted by Crippen LogP contribution is 2.33. The SMILES string of the molecule is O=C(CCCl)N[C@H]1CON(C2(C(=O)O)CCC(=O)O2)C1=O. The molecule has 2 aliphatic rings. The number of hydrogen-bond acceptors (Lipinski definition) is 6. The molecule has 2 heterocycles. The van der Waals surface area contributed by atoms with Gasteiger partial charge in [-0.2, -0.15) is 5.06 Å². The Balaban J connectivity index is 2.11. The van der Waals surface area contributed by atoms with Crippen molar-refractivity contribution in [2.24, 2.45) is 0 Å². The number of carboxylic acids is 1. The van der Waals surface area contributed by atoms with Crippen LogP contribution < -0.4 is 5.32 Å². The zero-order valence-corrected chi connectivity index (χ0v) is 11.6. The quantitative estimate of drug-likeness (QED) is 0.491. The van der Waals surface area contributed by atoms with Crippen molar-refractivity contribution >= 4 is 35.4 Å². The van der Waals surface area contributed by atoms with Crippen LogP contribution in [-0.2, 0) is 28.8 Å². The molecule has 2 N–H and O–H groups in total. The van der Waals surface area contributed by atoms with E-state index in [0.29, 0.717) is 5.06 Å². The molecule has 2 fully saturated rings. The van der Waals surface area contributed by atoms with Crippen molar-refractivity contribution in [2.75, 3.05) is 12.5 Å². The number of carboxylic acid groups (broad SMARTS) is 1. The number of aliphatic carboxylic acids is 1. The summed E-state index contributed by atoms with van der Waals surface area (Å²) in [6.45, 7) is -0.237. The molecule has 116 valence electrons. The lowest BCUT2D eigenvalue weighted by atomic mass is 10.1. The fourth-order valence-electron chi connectivity index (χ4n) is 2.11. The second-order valence-corrected chi connectivity index (χ2v) is 4.93. The minimum absolute atomic E-state index is 0.0182. The lowest BCUT2D eigenvalue weighted by Gasteiger charge is -2.30. The summed E-state index contributed by atoms with van der Waals surface area (Å²) < 4.78 is 4.77. The average molecular weight is 321 g/mol. The van der Waals surface area contributed by atoms with E-state index >= 15 is 0 Å². The summed E-state index contributed by atoms with van der Waals surface area (Å²) in [4.78, 5) is 51.2. The summed E-state index contributed by atoms with van der Waals surface area (Å²) >= 11 is 5.41. The Morgan fingerprint density at radius 3 is 2.71 bits per heavy atom. The molecule has 21 heavy (non-hydrogen) atoms. The van der Waals surface area contributed by atoms with E-state index in [9.17, 15) is 24.3 Å². The Bertz CT molecular complexity index is 497. The van der Waals surface area contributed by atoms with Crippen molar-refractivity contribution in [1.29, 1.82) is 0 Å². The first kappa shape index (κ1) is 15.5. The molecule has 0 spiro atoms. The standard InChI is InChI=1S/C11H13ClN2O7/c12-4-2-7(15)13-6-5-20-14(9(6)17)11(10(18)19)3-1-8(16)21-11/h6H,1-5H2,(H,13,15)(H,18,19)/t6-,11?/m0/s1. The maximum absolute atomic E-state index is 12.1. The predicted molar refractivity (Wildman–Crippen MR) is 65.8 cm³/mol. The Kier molecular flexibility index (Phi) is 4.33. The van der Waals surface area contributed by atoms with Crippen LogP contribution in [0.2, 0.25) is 0 Å². The molecule has 2 amide bonds. The van der Waals surface area contributed by atoms with Gasteiger partial charge in [-0.3, -0.25) is 19.2 Å². The van der Waals surface area contributed by atoms with E-state index < -0.39 is 35.5 Å². The molecule has 2 saturated heterocycles. The van der Waals surface area contributed by atoms with Crippen molar-refractivity contribution in [3.8, 4) is 0 Å². The minimum atomic E-state index is -2.17. The van der Waals surface area contributed by atoms with Crippen molar-refractivity contribution in [1.82, 2.24) is 10.4 Å². The molecule has 0 bridgehead atoms. The van der Waals surface area contributed by atoms with Crippen molar-refractivity contribution < 1.29 is 33.9 Å². The van der Waals surface area contributed by atoms with E-state index in [0.717, 1.165) is 0 Å². The first-order valence-corrected chi connectivity index (χ1v) is 6.71. The number of halogens is 1. The summed E-state index contributed by atoms with van der Waals surface area (Å²) in [6.07, 6.45) is -0.331. The van der Waals surface area contributed by atoms with Crippen LogP contribution >= 0.6 is 11.6 Å². The lowest BCUT2D eigenvalue weighted by molar-refractivity contribution is -0.256. The number of rotatable bonds is 5. The zero-order valence-electron chi connectivity index (χ0n) is 10.8. The first-order chi connectivity index (χ1) is 9.90. The van der Waals surface area contributed by atoms with Crippen LogP contribution in [0.5, 0.6) is 0 Å². The highest BCUT2D eigenvalue weighted by Gasteiger charge is 2.59. The number of carbonyl (C=O) groups excluding carboxylic acids is 3. The molecule has 2 atom stereocenters. The number of esters is 1. The molecule has 2 rings (SSSR count). The molecule has 10 heteroatoms. The number of nitrogens with zero attached hydrogens (tertiary/aromatic N) is 1. The highest BCUT2D eigenvalue weighted by molar-refractivity contribution is 6.19. The van der Waals surface area contributed by atoms with Gasteiger partial charge in [-0.15, -0.1) is 11.6 Å². The average Bonchev–Trinajstić information content (AvgIpc) is 2.96. The topological polar surface area (TPSA) is 122 Å². The second-order valence-electron chi connectivity index (χ2n) is 4.55. The van der Waals surface area contributed by atoms with Crippen LogP contribution in [-0.4, -0.2) is 58.2 Å². The van der Waals surface area contributed by atoms with Gasteiger partial charge < -0.3 is 15.2 Å².